The van der Waals surface area contributed by atoms with Crippen molar-refractivity contribution in [1.82, 2.24) is 0 Å². The van der Waals surface area contributed by atoms with E-state index in [2.05, 4.69) is 0 Å². The van der Waals surface area contributed by atoms with Crippen LogP contribution in [-0.2, 0) is 0 Å². The lowest BCUT2D eigenvalue weighted by Gasteiger charge is -2.41. The number of hydrogen-bond acceptors (Lipinski definition) is 2. The molecule has 0 saturated heterocycles. The molecule has 3 N–H and O–H groups in total. The predicted molar refractivity (Wildman–Crippen MR) is 46.6 cm³/mol. The van der Waals surface area contributed by atoms with Gasteiger partial charge in [-0.1, -0.05) is 12.8 Å². The molecule has 1 aliphatic carbocycles. The van der Waals surface area contributed by atoms with E-state index < -0.39 is 17.7 Å². The van der Waals surface area contributed by atoms with Crippen LogP contribution < -0.4 is 5.73 Å². The fraction of sp³-hybridized carbons (Fsp3) is 1.00. The highest BCUT2D eigenvalue weighted by Gasteiger charge is 2.58. The van der Waals surface area contributed by atoms with E-state index in [4.69, 9.17) is 5.73 Å². The normalized spacial score (nSPS) is 34.5. The van der Waals surface area contributed by atoms with Gasteiger partial charge in [0.15, 0.2) is 5.60 Å². The number of hydrogen-bond donors (Lipinski definition) is 2. The maximum Gasteiger partial charge on any atom is 0.417 e. The molecule has 14 heavy (non-hydrogen) atoms. The fourth-order valence-electron chi connectivity index (χ4n) is 2.19. The highest BCUT2D eigenvalue weighted by atomic mass is 19.4. The minimum Gasteiger partial charge on any atom is -0.380 e. The van der Waals surface area contributed by atoms with Crippen LogP contribution in [-0.4, -0.2) is 23.4 Å². The van der Waals surface area contributed by atoms with Crippen molar-refractivity contribution < 1.29 is 18.3 Å². The Morgan fingerprint density at radius 2 is 2.00 bits per heavy atom. The summed E-state index contributed by atoms with van der Waals surface area (Å²) in [6.07, 6.45) is -2.84. The Bertz CT molecular complexity index is 193. The monoisotopic (exact) mass is 211 g/mol. The van der Waals surface area contributed by atoms with Crippen LogP contribution in [0, 0.1) is 5.92 Å². The Morgan fingerprint density at radius 3 is 2.50 bits per heavy atom. The minimum absolute atomic E-state index is 0.179. The summed E-state index contributed by atoms with van der Waals surface area (Å²) in [6, 6.07) is 0. The van der Waals surface area contributed by atoms with Gasteiger partial charge in [0.1, 0.15) is 0 Å². The number of halogens is 3. The molecule has 1 fully saturated rings. The first kappa shape index (κ1) is 11.8. The molecule has 0 spiro atoms. The van der Waals surface area contributed by atoms with Gasteiger partial charge in [-0.05, 0) is 31.7 Å². The van der Waals surface area contributed by atoms with Gasteiger partial charge in [-0.15, -0.1) is 0 Å². The maximum absolute atomic E-state index is 12.6. The zero-order valence-electron chi connectivity index (χ0n) is 7.98. The summed E-state index contributed by atoms with van der Waals surface area (Å²) >= 11 is 0. The average Bonchev–Trinajstić information content (AvgIpc) is 2.07. The smallest absolute Gasteiger partial charge is 0.380 e. The van der Waals surface area contributed by atoms with Gasteiger partial charge in [0.05, 0.1) is 0 Å². The van der Waals surface area contributed by atoms with Crippen molar-refractivity contribution >= 4 is 0 Å². The Labute approximate surface area is 81.3 Å². The second-order valence-electron chi connectivity index (χ2n) is 3.94. The van der Waals surface area contributed by atoms with Crippen molar-refractivity contribution in [2.75, 3.05) is 6.54 Å². The third-order valence-corrected chi connectivity index (χ3v) is 3.04. The third-order valence-electron chi connectivity index (χ3n) is 3.04. The first-order chi connectivity index (χ1) is 6.42. The molecule has 0 radical (unpaired) electrons. The van der Waals surface area contributed by atoms with E-state index in [1.54, 1.807) is 0 Å². The fourth-order valence-corrected chi connectivity index (χ4v) is 2.19. The molecule has 0 aromatic heterocycles. The Balaban J connectivity index is 2.79. The summed E-state index contributed by atoms with van der Waals surface area (Å²) in [4.78, 5) is 0. The molecule has 1 rings (SSSR count). The lowest BCUT2D eigenvalue weighted by Crippen LogP contribution is -2.53. The SMILES string of the molecule is NCCC1CCCCC1(O)C(F)(F)F. The van der Waals surface area contributed by atoms with E-state index in [-0.39, 0.29) is 19.4 Å². The van der Waals surface area contributed by atoms with Crippen molar-refractivity contribution in [3.8, 4) is 0 Å². The molecule has 2 nitrogen and oxygen atoms in total. The molecule has 0 aliphatic heterocycles. The topological polar surface area (TPSA) is 46.2 Å². The van der Waals surface area contributed by atoms with Gasteiger partial charge in [-0.25, -0.2) is 0 Å². The Morgan fingerprint density at radius 1 is 1.36 bits per heavy atom. The quantitative estimate of drug-likeness (QED) is 0.731. The second-order valence-corrected chi connectivity index (χ2v) is 3.94. The molecule has 0 aromatic rings. The van der Waals surface area contributed by atoms with Crippen LogP contribution in [0.25, 0.3) is 0 Å². The predicted octanol–water partition coefficient (Wildman–Crippen LogP) is 1.82. The Kier molecular flexibility index (Phi) is 3.42. The van der Waals surface area contributed by atoms with E-state index in [1.807, 2.05) is 0 Å². The molecule has 0 amide bonds. The Hall–Kier alpha value is -0.290. The van der Waals surface area contributed by atoms with Crippen LogP contribution in [0.1, 0.15) is 32.1 Å². The van der Waals surface area contributed by atoms with Crippen LogP contribution in [0.15, 0.2) is 0 Å². The number of alkyl halides is 3. The van der Waals surface area contributed by atoms with Gasteiger partial charge in [0, 0.05) is 0 Å². The molecule has 2 atom stereocenters. The molecule has 1 aliphatic rings. The summed E-state index contributed by atoms with van der Waals surface area (Å²) in [5.74, 6) is -0.721. The lowest BCUT2D eigenvalue weighted by molar-refractivity contribution is -0.288. The highest BCUT2D eigenvalue weighted by Crippen LogP contribution is 2.46. The van der Waals surface area contributed by atoms with E-state index >= 15 is 0 Å². The highest BCUT2D eigenvalue weighted by molar-refractivity contribution is 4.95. The van der Waals surface area contributed by atoms with E-state index in [1.165, 1.54) is 0 Å². The first-order valence-electron chi connectivity index (χ1n) is 4.91. The minimum atomic E-state index is -4.52. The zero-order chi connectivity index (χ0) is 10.8. The molecule has 5 heteroatoms. The van der Waals surface area contributed by atoms with E-state index in [9.17, 15) is 18.3 Å². The summed E-state index contributed by atoms with van der Waals surface area (Å²) in [6.45, 7) is 0.197. The molecule has 0 heterocycles. The van der Waals surface area contributed by atoms with Gasteiger partial charge in [0.2, 0.25) is 0 Å². The standard InChI is InChI=1S/C9H16F3NO/c10-9(11,12)8(14)5-2-1-3-7(8)4-6-13/h7,14H,1-6,13H2. The first-order valence-corrected chi connectivity index (χ1v) is 4.91. The third kappa shape index (κ3) is 2.03. The summed E-state index contributed by atoms with van der Waals surface area (Å²) in [7, 11) is 0. The molecule has 0 bridgehead atoms. The molecule has 0 aromatic carbocycles. The van der Waals surface area contributed by atoms with Crippen molar-refractivity contribution in [2.24, 2.45) is 11.7 Å². The van der Waals surface area contributed by atoms with Gasteiger partial charge < -0.3 is 10.8 Å². The summed E-state index contributed by atoms with van der Waals surface area (Å²) in [5.41, 5.74) is 2.75. The van der Waals surface area contributed by atoms with Gasteiger partial charge in [0.25, 0.3) is 0 Å². The maximum atomic E-state index is 12.6. The van der Waals surface area contributed by atoms with Crippen molar-refractivity contribution in [3.05, 3.63) is 0 Å². The zero-order valence-corrected chi connectivity index (χ0v) is 7.98. The van der Waals surface area contributed by atoms with E-state index in [0.29, 0.717) is 12.8 Å². The van der Waals surface area contributed by atoms with Crippen LogP contribution >= 0.6 is 0 Å². The molecule has 1 saturated carbocycles. The van der Waals surface area contributed by atoms with Gasteiger partial charge in [-0.3, -0.25) is 0 Å². The van der Waals surface area contributed by atoms with Gasteiger partial charge >= 0.3 is 6.18 Å². The average molecular weight is 211 g/mol. The van der Waals surface area contributed by atoms with Crippen LogP contribution in [0.3, 0.4) is 0 Å². The lowest BCUT2D eigenvalue weighted by atomic mass is 9.73. The molecular weight excluding hydrogens is 195 g/mol. The second kappa shape index (κ2) is 4.06. The van der Waals surface area contributed by atoms with Crippen molar-refractivity contribution in [2.45, 2.75) is 43.9 Å². The van der Waals surface area contributed by atoms with E-state index in [0.717, 1.165) is 6.42 Å². The number of nitrogens with two attached hydrogens (primary N) is 1. The van der Waals surface area contributed by atoms with Crippen LogP contribution in [0.5, 0.6) is 0 Å². The van der Waals surface area contributed by atoms with Crippen LogP contribution in [0.2, 0.25) is 0 Å². The largest absolute Gasteiger partial charge is 0.417 e. The number of rotatable bonds is 2. The van der Waals surface area contributed by atoms with Crippen molar-refractivity contribution in [3.63, 3.8) is 0 Å². The van der Waals surface area contributed by atoms with Crippen LogP contribution in [0.4, 0.5) is 13.2 Å². The van der Waals surface area contributed by atoms with Gasteiger partial charge in [-0.2, -0.15) is 13.2 Å². The molecule has 2 unspecified atom stereocenters. The summed E-state index contributed by atoms with van der Waals surface area (Å²) in [5, 5.41) is 9.62. The molecular formula is C9H16F3NO. The molecule has 84 valence electrons. The number of aliphatic hydroxyl groups is 1. The van der Waals surface area contributed by atoms with Crippen molar-refractivity contribution in [1.29, 1.82) is 0 Å². The summed E-state index contributed by atoms with van der Waals surface area (Å²) < 4.78 is 37.8.